The maximum absolute atomic E-state index is 12.5. The molecular formula is C19H22N2O3. The van der Waals surface area contributed by atoms with Crippen molar-refractivity contribution in [3.63, 3.8) is 0 Å². The van der Waals surface area contributed by atoms with Gasteiger partial charge in [0.1, 0.15) is 11.8 Å². The minimum Gasteiger partial charge on any atom is -0.484 e. The minimum atomic E-state index is -0.105. The van der Waals surface area contributed by atoms with Gasteiger partial charge in [-0.2, -0.15) is 5.26 Å². The van der Waals surface area contributed by atoms with Crippen LogP contribution in [0.15, 0.2) is 30.3 Å². The highest BCUT2D eigenvalue weighted by Crippen LogP contribution is 2.22. The number of Topliss-reactive ketones (excluding diaryl/α,β-unsaturated/α-hetero) is 1. The van der Waals surface area contributed by atoms with Crippen LogP contribution < -0.4 is 4.74 Å². The molecule has 0 aliphatic heterocycles. The molecule has 0 amide bonds. The van der Waals surface area contributed by atoms with E-state index in [0.29, 0.717) is 23.5 Å². The van der Waals surface area contributed by atoms with E-state index in [1.54, 1.807) is 31.4 Å². The SMILES string of the molecule is COC[C@@H](C)n1c(C)cc(C(=O)COc2ccccc2C#N)c1C. The quantitative estimate of drug-likeness (QED) is 0.731. The van der Waals surface area contributed by atoms with Crippen LogP contribution in [0.1, 0.15) is 40.3 Å². The van der Waals surface area contributed by atoms with Crippen LogP contribution in [-0.4, -0.2) is 30.7 Å². The standard InChI is InChI=1S/C19H22N2O3/c1-13-9-17(15(3)21(13)14(2)11-23-4)18(22)12-24-19-8-6-5-7-16(19)10-20/h5-9,14H,11-12H2,1-4H3/t14-/m1/s1. The Hall–Kier alpha value is -2.58. The summed E-state index contributed by atoms with van der Waals surface area (Å²) in [6.07, 6.45) is 0. The summed E-state index contributed by atoms with van der Waals surface area (Å²) in [7, 11) is 1.66. The summed E-state index contributed by atoms with van der Waals surface area (Å²) >= 11 is 0. The van der Waals surface area contributed by atoms with E-state index in [2.05, 4.69) is 17.6 Å². The molecule has 0 radical (unpaired) electrons. The topological polar surface area (TPSA) is 64.2 Å². The second-order valence-electron chi connectivity index (χ2n) is 5.78. The number of nitriles is 1. The van der Waals surface area contributed by atoms with Crippen LogP contribution in [0.5, 0.6) is 5.75 Å². The third kappa shape index (κ3) is 3.66. The van der Waals surface area contributed by atoms with Crippen LogP contribution in [0.3, 0.4) is 0 Å². The van der Waals surface area contributed by atoms with Crippen molar-refractivity contribution in [1.82, 2.24) is 4.57 Å². The van der Waals surface area contributed by atoms with Gasteiger partial charge in [0, 0.05) is 24.1 Å². The van der Waals surface area contributed by atoms with Gasteiger partial charge in [-0.1, -0.05) is 12.1 Å². The number of carbonyl (C=O) groups excluding carboxylic acids is 1. The average Bonchev–Trinajstić information content (AvgIpc) is 2.87. The van der Waals surface area contributed by atoms with Crippen molar-refractivity contribution in [3.05, 3.63) is 52.8 Å². The normalized spacial score (nSPS) is 11.8. The van der Waals surface area contributed by atoms with E-state index in [4.69, 9.17) is 14.7 Å². The van der Waals surface area contributed by atoms with Crippen LogP contribution in [0.2, 0.25) is 0 Å². The molecule has 0 spiro atoms. The lowest BCUT2D eigenvalue weighted by Crippen LogP contribution is -2.16. The molecule has 5 nitrogen and oxygen atoms in total. The summed E-state index contributed by atoms with van der Waals surface area (Å²) in [6, 6.07) is 11.0. The fraction of sp³-hybridized carbons (Fsp3) is 0.368. The number of para-hydroxylation sites is 1. The lowest BCUT2D eigenvalue weighted by atomic mass is 10.1. The first kappa shape index (κ1) is 17.8. The minimum absolute atomic E-state index is 0.0956. The number of ether oxygens (including phenoxy) is 2. The second kappa shape index (κ2) is 7.80. The van der Waals surface area contributed by atoms with E-state index < -0.39 is 0 Å². The van der Waals surface area contributed by atoms with Crippen LogP contribution in [0.4, 0.5) is 0 Å². The van der Waals surface area contributed by atoms with E-state index in [0.717, 1.165) is 11.4 Å². The zero-order chi connectivity index (χ0) is 17.7. The highest BCUT2D eigenvalue weighted by molar-refractivity contribution is 5.98. The van der Waals surface area contributed by atoms with Gasteiger partial charge in [0.25, 0.3) is 0 Å². The number of aryl methyl sites for hydroxylation is 1. The van der Waals surface area contributed by atoms with E-state index in [-0.39, 0.29) is 18.4 Å². The number of rotatable bonds is 7. The molecule has 0 fully saturated rings. The number of ketones is 1. The van der Waals surface area contributed by atoms with Crippen molar-refractivity contribution in [2.24, 2.45) is 0 Å². The van der Waals surface area contributed by atoms with E-state index in [1.807, 2.05) is 19.9 Å². The molecule has 0 unspecified atom stereocenters. The molecule has 1 aromatic heterocycles. The van der Waals surface area contributed by atoms with Crippen molar-refractivity contribution in [2.45, 2.75) is 26.8 Å². The maximum Gasteiger partial charge on any atom is 0.202 e. The molecule has 126 valence electrons. The first-order valence-electron chi connectivity index (χ1n) is 7.82. The number of nitrogens with zero attached hydrogens (tertiary/aromatic N) is 2. The molecule has 0 bridgehead atoms. The summed E-state index contributed by atoms with van der Waals surface area (Å²) < 4.78 is 12.9. The monoisotopic (exact) mass is 326 g/mol. The number of methoxy groups -OCH3 is 1. The summed E-state index contributed by atoms with van der Waals surface area (Å²) in [4.78, 5) is 12.5. The molecular weight excluding hydrogens is 304 g/mol. The highest BCUT2D eigenvalue weighted by atomic mass is 16.5. The Morgan fingerprint density at radius 1 is 1.33 bits per heavy atom. The summed E-state index contributed by atoms with van der Waals surface area (Å²) in [5.74, 6) is 0.321. The second-order valence-corrected chi connectivity index (χ2v) is 5.78. The predicted molar refractivity (Wildman–Crippen MR) is 91.5 cm³/mol. The molecule has 0 aliphatic rings. The number of carbonyl (C=O) groups is 1. The zero-order valence-electron chi connectivity index (χ0n) is 14.5. The van der Waals surface area contributed by atoms with E-state index in [1.165, 1.54) is 0 Å². The molecule has 0 aliphatic carbocycles. The van der Waals surface area contributed by atoms with Gasteiger partial charge < -0.3 is 14.0 Å². The molecule has 1 atom stereocenters. The Bertz CT molecular complexity index is 771. The molecule has 24 heavy (non-hydrogen) atoms. The fourth-order valence-electron chi connectivity index (χ4n) is 2.96. The number of hydrogen-bond donors (Lipinski definition) is 0. The van der Waals surface area contributed by atoms with Crippen LogP contribution in [0.25, 0.3) is 0 Å². The van der Waals surface area contributed by atoms with Crippen LogP contribution >= 0.6 is 0 Å². The van der Waals surface area contributed by atoms with Crippen LogP contribution in [0, 0.1) is 25.2 Å². The number of hydrogen-bond acceptors (Lipinski definition) is 4. The van der Waals surface area contributed by atoms with E-state index >= 15 is 0 Å². The van der Waals surface area contributed by atoms with Crippen molar-refractivity contribution in [2.75, 3.05) is 20.3 Å². The van der Waals surface area contributed by atoms with Crippen molar-refractivity contribution in [1.29, 1.82) is 5.26 Å². The van der Waals surface area contributed by atoms with Crippen molar-refractivity contribution < 1.29 is 14.3 Å². The third-order valence-corrected chi connectivity index (χ3v) is 4.00. The fourth-order valence-corrected chi connectivity index (χ4v) is 2.96. The van der Waals surface area contributed by atoms with Gasteiger partial charge >= 0.3 is 0 Å². The molecule has 2 aromatic rings. The summed E-state index contributed by atoms with van der Waals surface area (Å²) in [5.41, 5.74) is 2.98. The number of benzene rings is 1. The first-order chi connectivity index (χ1) is 11.5. The Balaban J connectivity index is 2.16. The predicted octanol–water partition coefficient (Wildman–Crippen LogP) is 3.45. The molecule has 0 N–H and O–H groups in total. The maximum atomic E-state index is 12.5. The zero-order valence-corrected chi connectivity index (χ0v) is 14.5. The van der Waals surface area contributed by atoms with Gasteiger partial charge in [0.05, 0.1) is 18.2 Å². The lowest BCUT2D eigenvalue weighted by molar-refractivity contribution is 0.0920. The smallest absolute Gasteiger partial charge is 0.202 e. The van der Waals surface area contributed by atoms with Crippen molar-refractivity contribution >= 4 is 5.78 Å². The molecule has 2 rings (SSSR count). The first-order valence-corrected chi connectivity index (χ1v) is 7.82. The molecule has 1 aromatic carbocycles. The van der Waals surface area contributed by atoms with E-state index in [9.17, 15) is 4.79 Å². The highest BCUT2D eigenvalue weighted by Gasteiger charge is 2.19. The largest absolute Gasteiger partial charge is 0.484 e. The Labute approximate surface area is 142 Å². The molecule has 5 heteroatoms. The Morgan fingerprint density at radius 3 is 2.71 bits per heavy atom. The van der Waals surface area contributed by atoms with Gasteiger partial charge in [-0.05, 0) is 39.0 Å². The third-order valence-electron chi connectivity index (χ3n) is 4.00. The van der Waals surface area contributed by atoms with Gasteiger partial charge in [0.15, 0.2) is 6.61 Å². The van der Waals surface area contributed by atoms with Crippen LogP contribution in [-0.2, 0) is 4.74 Å². The lowest BCUT2D eigenvalue weighted by Gasteiger charge is -2.17. The van der Waals surface area contributed by atoms with Gasteiger partial charge in [-0.15, -0.1) is 0 Å². The Kier molecular flexibility index (Phi) is 5.78. The van der Waals surface area contributed by atoms with Gasteiger partial charge in [-0.3, -0.25) is 4.79 Å². The molecule has 1 heterocycles. The summed E-state index contributed by atoms with van der Waals surface area (Å²) in [6.45, 7) is 6.44. The molecule has 0 saturated carbocycles. The summed E-state index contributed by atoms with van der Waals surface area (Å²) in [5, 5.41) is 9.07. The van der Waals surface area contributed by atoms with Crippen molar-refractivity contribution in [3.8, 4) is 11.8 Å². The molecule has 0 saturated heterocycles. The van der Waals surface area contributed by atoms with Gasteiger partial charge in [0.2, 0.25) is 5.78 Å². The number of aromatic nitrogens is 1. The average molecular weight is 326 g/mol. The van der Waals surface area contributed by atoms with Gasteiger partial charge in [-0.25, -0.2) is 0 Å². The Morgan fingerprint density at radius 2 is 2.04 bits per heavy atom.